The quantitative estimate of drug-likeness (QED) is 0.231. The van der Waals surface area contributed by atoms with E-state index in [9.17, 15) is 18.0 Å². The molecule has 0 spiro atoms. The van der Waals surface area contributed by atoms with Gasteiger partial charge in [0.25, 0.3) is 16.0 Å². The second-order valence-corrected chi connectivity index (χ2v) is 11.3. The molecule has 1 saturated heterocycles. The van der Waals surface area contributed by atoms with Crippen LogP contribution in [0.3, 0.4) is 0 Å². The third-order valence-electron chi connectivity index (χ3n) is 6.79. The molecule has 0 bridgehead atoms. The zero-order valence-electron chi connectivity index (χ0n) is 23.7. The standard InChI is InChI=1S/C30H31N3O4.CH4O3S/c1-36-27-14-6-5-13-25(27)33-19-17-32(18-20-33)16-8-15-31-30(35)24-12-7-11-23-26(34)21-28(37-29(23)24)22-9-3-2-4-10-22;1-5(2,3)4/h2-7,9-14,21H,8,15-20H2,1H3,(H,31,35);1H3,(H,2,3,4). The number of ether oxygens (including phenoxy) is 1. The van der Waals surface area contributed by atoms with E-state index in [-0.39, 0.29) is 11.3 Å². The summed E-state index contributed by atoms with van der Waals surface area (Å²) in [7, 11) is -1.96. The SMILES string of the molecule is COc1ccccc1N1CCN(CCCNC(=O)c2cccc3c(=O)cc(-c4ccccc4)oc23)CC1.CS(=O)(=O)O. The Bertz CT molecular complexity index is 1660. The molecule has 5 rings (SSSR count). The Hall–Kier alpha value is -4.19. The lowest BCUT2D eigenvalue weighted by Crippen LogP contribution is -2.47. The van der Waals surface area contributed by atoms with Crippen LogP contribution in [0.5, 0.6) is 5.75 Å². The molecule has 2 N–H and O–H groups in total. The largest absolute Gasteiger partial charge is 0.495 e. The van der Waals surface area contributed by atoms with Crippen molar-refractivity contribution in [1.29, 1.82) is 0 Å². The zero-order chi connectivity index (χ0) is 30.1. The van der Waals surface area contributed by atoms with Crippen molar-refractivity contribution in [1.82, 2.24) is 10.2 Å². The maximum atomic E-state index is 13.0. The van der Waals surface area contributed by atoms with E-state index in [1.807, 2.05) is 48.5 Å². The summed E-state index contributed by atoms with van der Waals surface area (Å²) < 4.78 is 37.4. The van der Waals surface area contributed by atoms with Crippen molar-refractivity contribution in [3.05, 3.63) is 94.6 Å². The van der Waals surface area contributed by atoms with Gasteiger partial charge in [-0.2, -0.15) is 8.42 Å². The maximum absolute atomic E-state index is 13.0. The predicted molar refractivity (Wildman–Crippen MR) is 164 cm³/mol. The number of anilines is 1. The third-order valence-corrected chi connectivity index (χ3v) is 6.79. The van der Waals surface area contributed by atoms with Crippen molar-refractivity contribution in [3.63, 3.8) is 0 Å². The molecule has 11 heteroatoms. The van der Waals surface area contributed by atoms with Gasteiger partial charge >= 0.3 is 0 Å². The van der Waals surface area contributed by atoms with Crippen molar-refractivity contribution < 1.29 is 26.9 Å². The van der Waals surface area contributed by atoms with E-state index in [1.165, 1.54) is 6.07 Å². The fourth-order valence-corrected chi connectivity index (χ4v) is 4.80. The van der Waals surface area contributed by atoms with Gasteiger partial charge in [-0.05, 0) is 37.2 Å². The van der Waals surface area contributed by atoms with E-state index in [0.29, 0.717) is 35.1 Å². The van der Waals surface area contributed by atoms with Crippen LogP contribution in [0.15, 0.2) is 88.1 Å². The van der Waals surface area contributed by atoms with Gasteiger partial charge in [-0.3, -0.25) is 19.0 Å². The van der Waals surface area contributed by atoms with Crippen LogP contribution in [0.4, 0.5) is 5.69 Å². The van der Waals surface area contributed by atoms with Crippen LogP contribution < -0.4 is 20.4 Å². The van der Waals surface area contributed by atoms with Gasteiger partial charge in [-0.1, -0.05) is 48.5 Å². The molecule has 1 amide bonds. The first-order chi connectivity index (χ1) is 20.1. The summed E-state index contributed by atoms with van der Waals surface area (Å²) in [6, 6.07) is 24.1. The highest BCUT2D eigenvalue weighted by atomic mass is 32.2. The molecule has 42 heavy (non-hydrogen) atoms. The van der Waals surface area contributed by atoms with Crippen molar-refractivity contribution in [3.8, 4) is 17.1 Å². The molecule has 2 heterocycles. The average molecular weight is 594 g/mol. The smallest absolute Gasteiger partial charge is 0.261 e. The molecule has 0 unspecified atom stereocenters. The topological polar surface area (TPSA) is 129 Å². The van der Waals surface area contributed by atoms with Crippen molar-refractivity contribution in [2.24, 2.45) is 0 Å². The van der Waals surface area contributed by atoms with Crippen molar-refractivity contribution >= 4 is 32.7 Å². The number of amides is 1. The molecule has 0 saturated carbocycles. The van der Waals surface area contributed by atoms with E-state index >= 15 is 0 Å². The van der Waals surface area contributed by atoms with Crippen LogP contribution in [-0.2, 0) is 10.1 Å². The Balaban J connectivity index is 0.000000748. The molecule has 1 aliphatic heterocycles. The first-order valence-corrected chi connectivity index (χ1v) is 15.4. The van der Waals surface area contributed by atoms with E-state index in [0.717, 1.165) is 56.1 Å². The molecule has 0 radical (unpaired) electrons. The number of fused-ring (bicyclic) bond motifs is 1. The summed E-state index contributed by atoms with van der Waals surface area (Å²) in [5, 5.41) is 3.41. The Labute approximate surface area is 245 Å². The summed E-state index contributed by atoms with van der Waals surface area (Å²) in [6.07, 6.45) is 1.55. The number of piperazine rings is 1. The van der Waals surface area contributed by atoms with Gasteiger partial charge in [0.15, 0.2) is 11.0 Å². The summed E-state index contributed by atoms with van der Waals surface area (Å²) >= 11 is 0. The molecule has 1 aliphatic rings. The average Bonchev–Trinajstić information content (AvgIpc) is 2.99. The van der Waals surface area contributed by atoms with Crippen molar-refractivity contribution in [2.45, 2.75) is 6.42 Å². The third kappa shape index (κ3) is 8.41. The Morgan fingerprint density at radius 2 is 1.64 bits per heavy atom. The minimum absolute atomic E-state index is 0.165. The summed E-state index contributed by atoms with van der Waals surface area (Å²) in [5.41, 5.74) is 2.45. The summed E-state index contributed by atoms with van der Waals surface area (Å²) in [6.45, 7) is 5.25. The fourth-order valence-electron chi connectivity index (χ4n) is 4.80. The van der Waals surface area contributed by atoms with Gasteiger partial charge < -0.3 is 19.4 Å². The normalized spacial score (nSPS) is 13.7. The van der Waals surface area contributed by atoms with Crippen LogP contribution in [-0.4, -0.2) is 76.4 Å². The number of carbonyl (C=O) groups excluding carboxylic acids is 1. The first kappa shape index (κ1) is 30.8. The van der Waals surface area contributed by atoms with E-state index < -0.39 is 10.1 Å². The highest BCUT2D eigenvalue weighted by Gasteiger charge is 2.20. The molecule has 0 atom stereocenters. The van der Waals surface area contributed by atoms with Gasteiger partial charge in [-0.15, -0.1) is 0 Å². The lowest BCUT2D eigenvalue weighted by Gasteiger charge is -2.36. The summed E-state index contributed by atoms with van der Waals surface area (Å²) in [4.78, 5) is 30.5. The molecule has 10 nitrogen and oxygen atoms in total. The highest BCUT2D eigenvalue weighted by Crippen LogP contribution is 2.28. The molecular weight excluding hydrogens is 558 g/mol. The Morgan fingerprint density at radius 3 is 2.33 bits per heavy atom. The molecule has 0 aliphatic carbocycles. The number of hydrogen-bond donors (Lipinski definition) is 2. The van der Waals surface area contributed by atoms with Gasteiger partial charge in [0, 0.05) is 44.4 Å². The number of benzene rings is 3. The van der Waals surface area contributed by atoms with Crippen LogP contribution in [0.1, 0.15) is 16.8 Å². The number of nitrogens with zero attached hydrogens (tertiary/aromatic N) is 2. The number of hydrogen-bond acceptors (Lipinski definition) is 8. The Kier molecular flexibility index (Phi) is 10.3. The van der Waals surface area contributed by atoms with Gasteiger partial charge in [0.05, 0.1) is 30.0 Å². The van der Waals surface area contributed by atoms with E-state index in [2.05, 4.69) is 21.2 Å². The molecule has 1 aromatic heterocycles. The lowest BCUT2D eigenvalue weighted by atomic mass is 10.1. The molecule has 1 fully saturated rings. The lowest BCUT2D eigenvalue weighted by molar-refractivity contribution is 0.0952. The minimum Gasteiger partial charge on any atom is -0.495 e. The molecule has 222 valence electrons. The van der Waals surface area contributed by atoms with E-state index in [4.69, 9.17) is 13.7 Å². The van der Waals surface area contributed by atoms with Crippen LogP contribution in [0.25, 0.3) is 22.3 Å². The van der Waals surface area contributed by atoms with Crippen LogP contribution >= 0.6 is 0 Å². The maximum Gasteiger partial charge on any atom is 0.261 e. The van der Waals surface area contributed by atoms with Gasteiger partial charge in [0.2, 0.25) is 0 Å². The predicted octanol–water partition coefficient (Wildman–Crippen LogP) is 3.91. The minimum atomic E-state index is -3.67. The van der Waals surface area contributed by atoms with Gasteiger partial charge in [-0.25, -0.2) is 0 Å². The number of methoxy groups -OCH3 is 1. The van der Waals surface area contributed by atoms with Crippen LogP contribution in [0, 0.1) is 0 Å². The Morgan fingerprint density at radius 1 is 0.976 bits per heavy atom. The monoisotopic (exact) mass is 593 g/mol. The van der Waals surface area contributed by atoms with Crippen LogP contribution in [0.2, 0.25) is 0 Å². The first-order valence-electron chi connectivity index (χ1n) is 13.6. The number of nitrogens with one attached hydrogen (secondary N) is 1. The number of rotatable bonds is 8. The molecular formula is C31H35N3O7S. The number of carbonyl (C=O) groups is 1. The highest BCUT2D eigenvalue weighted by molar-refractivity contribution is 7.85. The van der Waals surface area contributed by atoms with Gasteiger partial charge in [0.1, 0.15) is 11.5 Å². The summed E-state index contributed by atoms with van der Waals surface area (Å²) in [5.74, 6) is 1.12. The fraction of sp³-hybridized carbons (Fsp3) is 0.290. The van der Waals surface area contributed by atoms with E-state index in [1.54, 1.807) is 25.3 Å². The van der Waals surface area contributed by atoms with Crippen molar-refractivity contribution in [2.75, 3.05) is 57.5 Å². The second kappa shape index (κ2) is 14.1. The molecule has 3 aromatic carbocycles. The second-order valence-electron chi connectivity index (χ2n) is 9.87. The zero-order valence-corrected chi connectivity index (χ0v) is 24.5. The molecule has 4 aromatic rings. The number of para-hydroxylation sites is 3.